The molecule has 0 aromatic carbocycles. The van der Waals surface area contributed by atoms with E-state index >= 15 is 0 Å². The van der Waals surface area contributed by atoms with E-state index in [1.54, 1.807) is 4.90 Å². The maximum Gasteiger partial charge on any atom is 0.409 e. The highest BCUT2D eigenvalue weighted by Gasteiger charge is 2.24. The van der Waals surface area contributed by atoms with E-state index in [4.69, 9.17) is 4.74 Å². The molecule has 1 amide bonds. The fourth-order valence-corrected chi connectivity index (χ4v) is 3.39. The summed E-state index contributed by atoms with van der Waals surface area (Å²) < 4.78 is 5.06. The molecule has 0 spiro atoms. The fourth-order valence-electron chi connectivity index (χ4n) is 3.39. The van der Waals surface area contributed by atoms with E-state index in [0.717, 1.165) is 31.5 Å². The first-order valence-corrected chi connectivity index (χ1v) is 9.19. The van der Waals surface area contributed by atoms with Gasteiger partial charge < -0.3 is 24.8 Å². The number of rotatable bonds is 4. The molecular formula is C17H33N5O2. The van der Waals surface area contributed by atoms with Gasteiger partial charge in [0.2, 0.25) is 0 Å². The number of hydrogen-bond acceptors (Lipinski definition) is 4. The molecular weight excluding hydrogens is 306 g/mol. The number of piperidine rings is 1. The van der Waals surface area contributed by atoms with E-state index < -0.39 is 0 Å². The number of nitrogens with zero attached hydrogens (tertiary/aromatic N) is 4. The number of carbonyl (C=O) groups excluding carboxylic acids is 1. The Hall–Kier alpha value is -1.50. The van der Waals surface area contributed by atoms with E-state index in [1.807, 2.05) is 14.0 Å². The Morgan fingerprint density at radius 1 is 1.12 bits per heavy atom. The summed E-state index contributed by atoms with van der Waals surface area (Å²) in [6.07, 6.45) is 3.60. The minimum Gasteiger partial charge on any atom is -0.450 e. The number of piperazine rings is 1. The number of nitrogens with one attached hydrogen (secondary N) is 1. The third kappa shape index (κ3) is 5.54. The second-order valence-corrected chi connectivity index (χ2v) is 6.68. The Labute approximate surface area is 146 Å². The molecule has 2 aliphatic heterocycles. The highest BCUT2D eigenvalue weighted by molar-refractivity contribution is 5.80. The third-order valence-electron chi connectivity index (χ3n) is 4.99. The van der Waals surface area contributed by atoms with Crippen molar-refractivity contribution in [1.29, 1.82) is 0 Å². The highest BCUT2D eigenvalue weighted by Crippen LogP contribution is 2.18. The lowest BCUT2D eigenvalue weighted by molar-refractivity contribution is 0.0914. The van der Waals surface area contributed by atoms with E-state index in [-0.39, 0.29) is 6.09 Å². The summed E-state index contributed by atoms with van der Waals surface area (Å²) in [6, 6.07) is 0. The lowest BCUT2D eigenvalue weighted by atomic mass is 9.94. The van der Waals surface area contributed by atoms with Crippen LogP contribution in [0.2, 0.25) is 0 Å². The number of hydrogen-bond donors (Lipinski definition) is 1. The van der Waals surface area contributed by atoms with Gasteiger partial charge in [0.05, 0.1) is 6.61 Å². The first-order valence-electron chi connectivity index (χ1n) is 9.19. The Balaban J connectivity index is 1.68. The average Bonchev–Trinajstić information content (AvgIpc) is 2.61. The highest BCUT2D eigenvalue weighted by atomic mass is 16.6. The van der Waals surface area contributed by atoms with Crippen LogP contribution in [0.3, 0.4) is 0 Å². The van der Waals surface area contributed by atoms with Crippen LogP contribution in [0.1, 0.15) is 26.2 Å². The van der Waals surface area contributed by atoms with Crippen LogP contribution >= 0.6 is 0 Å². The Morgan fingerprint density at radius 3 is 2.33 bits per heavy atom. The van der Waals surface area contributed by atoms with Crippen LogP contribution in [0.4, 0.5) is 4.79 Å². The van der Waals surface area contributed by atoms with Gasteiger partial charge in [-0.25, -0.2) is 4.79 Å². The number of amides is 1. The summed E-state index contributed by atoms with van der Waals surface area (Å²) in [4.78, 5) is 22.6. The average molecular weight is 339 g/mol. The van der Waals surface area contributed by atoms with Crippen LogP contribution in [-0.2, 0) is 4.74 Å². The minimum atomic E-state index is -0.206. The lowest BCUT2D eigenvalue weighted by Gasteiger charge is -2.36. The normalized spacial score (nSPS) is 21.0. The van der Waals surface area contributed by atoms with Crippen molar-refractivity contribution in [3.8, 4) is 0 Å². The number of guanidine groups is 1. The molecule has 0 aromatic rings. The van der Waals surface area contributed by atoms with Crippen molar-refractivity contribution in [3.63, 3.8) is 0 Å². The second-order valence-electron chi connectivity index (χ2n) is 6.68. The molecule has 0 atom stereocenters. The van der Waals surface area contributed by atoms with Crippen molar-refractivity contribution in [2.45, 2.75) is 26.2 Å². The molecule has 2 saturated heterocycles. The maximum atomic E-state index is 11.8. The Bertz CT molecular complexity index is 413. The molecule has 0 radical (unpaired) electrons. The quantitative estimate of drug-likeness (QED) is 0.613. The number of ether oxygens (including phenoxy) is 1. The minimum absolute atomic E-state index is 0.206. The Morgan fingerprint density at radius 2 is 1.75 bits per heavy atom. The van der Waals surface area contributed by atoms with Gasteiger partial charge in [-0.05, 0) is 52.2 Å². The van der Waals surface area contributed by atoms with Crippen molar-refractivity contribution in [1.82, 2.24) is 20.0 Å². The van der Waals surface area contributed by atoms with Crippen LogP contribution in [0.5, 0.6) is 0 Å². The number of aliphatic imine (C=N–C) groups is 1. The largest absolute Gasteiger partial charge is 0.450 e. The predicted molar refractivity (Wildman–Crippen MR) is 96.4 cm³/mol. The second kappa shape index (κ2) is 9.71. The van der Waals surface area contributed by atoms with Gasteiger partial charge in [0.15, 0.2) is 5.96 Å². The number of likely N-dealkylation sites (tertiary alicyclic amines) is 1. The van der Waals surface area contributed by atoms with Crippen LogP contribution < -0.4 is 5.32 Å². The third-order valence-corrected chi connectivity index (χ3v) is 4.99. The summed E-state index contributed by atoms with van der Waals surface area (Å²) in [6.45, 7) is 8.65. The molecule has 24 heavy (non-hydrogen) atoms. The van der Waals surface area contributed by atoms with E-state index in [2.05, 4.69) is 27.2 Å². The van der Waals surface area contributed by atoms with Gasteiger partial charge in [0, 0.05) is 39.8 Å². The zero-order chi connectivity index (χ0) is 17.4. The summed E-state index contributed by atoms with van der Waals surface area (Å²) >= 11 is 0. The van der Waals surface area contributed by atoms with Gasteiger partial charge in [-0.15, -0.1) is 0 Å². The van der Waals surface area contributed by atoms with Gasteiger partial charge in [-0.2, -0.15) is 0 Å². The molecule has 0 saturated carbocycles. The summed E-state index contributed by atoms with van der Waals surface area (Å²) in [7, 11) is 4.03. The molecule has 0 unspecified atom stereocenters. The maximum absolute atomic E-state index is 11.8. The first kappa shape index (κ1) is 18.8. The molecule has 2 fully saturated rings. The molecule has 0 aromatic heterocycles. The molecule has 0 bridgehead atoms. The van der Waals surface area contributed by atoms with Crippen molar-refractivity contribution in [3.05, 3.63) is 0 Å². The molecule has 2 aliphatic rings. The van der Waals surface area contributed by atoms with Crippen LogP contribution in [-0.4, -0.2) is 93.3 Å². The zero-order valence-electron chi connectivity index (χ0n) is 15.5. The van der Waals surface area contributed by atoms with Gasteiger partial charge >= 0.3 is 6.09 Å². The topological polar surface area (TPSA) is 60.4 Å². The molecule has 1 N–H and O–H groups in total. The van der Waals surface area contributed by atoms with Crippen molar-refractivity contribution in [2.24, 2.45) is 10.9 Å². The van der Waals surface area contributed by atoms with E-state index in [9.17, 15) is 4.79 Å². The fraction of sp³-hybridized carbons (Fsp3) is 0.882. The monoisotopic (exact) mass is 339 g/mol. The smallest absolute Gasteiger partial charge is 0.409 e. The first-order chi connectivity index (χ1) is 11.6. The van der Waals surface area contributed by atoms with E-state index in [1.165, 1.54) is 32.4 Å². The lowest BCUT2D eigenvalue weighted by Crippen LogP contribution is -2.54. The summed E-state index contributed by atoms with van der Waals surface area (Å²) in [5.74, 6) is 1.78. The zero-order valence-corrected chi connectivity index (χ0v) is 15.5. The standard InChI is InChI=1S/C17H33N5O2/c1-4-24-17(23)22-13-11-21(12-14-22)16(18-2)19-8-5-15-6-9-20(3)10-7-15/h15H,4-14H2,1-3H3,(H,18,19). The SMILES string of the molecule is CCOC(=O)N1CCN(C(=NC)NCCC2CCN(C)CC2)CC1. The molecule has 7 nitrogen and oxygen atoms in total. The van der Waals surface area contributed by atoms with Crippen LogP contribution in [0.15, 0.2) is 4.99 Å². The molecule has 7 heteroatoms. The number of carbonyl (C=O) groups is 1. The van der Waals surface area contributed by atoms with Crippen LogP contribution in [0, 0.1) is 5.92 Å². The van der Waals surface area contributed by atoms with E-state index in [0.29, 0.717) is 19.7 Å². The molecule has 2 heterocycles. The van der Waals surface area contributed by atoms with Crippen molar-refractivity contribution >= 4 is 12.1 Å². The van der Waals surface area contributed by atoms with Gasteiger partial charge in [0.25, 0.3) is 0 Å². The van der Waals surface area contributed by atoms with Crippen LogP contribution in [0.25, 0.3) is 0 Å². The molecule has 0 aliphatic carbocycles. The predicted octanol–water partition coefficient (Wildman–Crippen LogP) is 1.07. The van der Waals surface area contributed by atoms with Gasteiger partial charge in [-0.3, -0.25) is 4.99 Å². The summed E-state index contributed by atoms with van der Waals surface area (Å²) in [5.41, 5.74) is 0. The van der Waals surface area contributed by atoms with Crippen molar-refractivity contribution < 1.29 is 9.53 Å². The van der Waals surface area contributed by atoms with Gasteiger partial charge in [0.1, 0.15) is 0 Å². The molecule has 2 rings (SSSR count). The molecule has 138 valence electrons. The summed E-state index contributed by atoms with van der Waals surface area (Å²) in [5, 5.41) is 3.49. The Kier molecular flexibility index (Phi) is 7.62. The van der Waals surface area contributed by atoms with Gasteiger partial charge in [-0.1, -0.05) is 0 Å². The van der Waals surface area contributed by atoms with Crippen molar-refractivity contribution in [2.75, 3.05) is 66.5 Å².